The van der Waals surface area contributed by atoms with Crippen LogP contribution in [0.1, 0.15) is 189 Å². The maximum absolute atomic E-state index is 14.6. The average molecular weight is 2080 g/mol. The lowest BCUT2D eigenvalue weighted by Gasteiger charge is -2.26. The lowest BCUT2D eigenvalue weighted by molar-refractivity contribution is -0.134. The Hall–Kier alpha value is -15.4. The lowest BCUT2D eigenvalue weighted by Crippen LogP contribution is -2.34. The number of esters is 1. The van der Waals surface area contributed by atoms with Gasteiger partial charge in [0.25, 0.3) is 11.8 Å². The van der Waals surface area contributed by atoms with Crippen LogP contribution in [0.2, 0.25) is 0 Å². The van der Waals surface area contributed by atoms with E-state index in [0.717, 1.165) is 47.8 Å². The van der Waals surface area contributed by atoms with Gasteiger partial charge in [-0.25, -0.2) is 30.7 Å². The number of aryl methyl sites for hydroxylation is 3. The molecular formula is C116H97Br2F7N2O17. The van der Waals surface area contributed by atoms with E-state index in [2.05, 4.69) is 31.9 Å². The summed E-state index contributed by atoms with van der Waals surface area (Å²) in [5.74, 6) is -3.03. The van der Waals surface area contributed by atoms with Crippen LogP contribution in [0.25, 0.3) is 110 Å². The van der Waals surface area contributed by atoms with Gasteiger partial charge in [0.1, 0.15) is 151 Å². The lowest BCUT2D eigenvalue weighted by atomic mass is 9.96. The molecule has 736 valence electrons. The second kappa shape index (κ2) is 48.9. The number of hydrogen-bond donors (Lipinski definition) is 1. The van der Waals surface area contributed by atoms with Gasteiger partial charge in [-0.1, -0.05) is 240 Å². The molecule has 18 aromatic rings. The first kappa shape index (κ1) is 106. The molecule has 2 amide bonds. The van der Waals surface area contributed by atoms with E-state index in [0.29, 0.717) is 127 Å². The molecule has 28 heteroatoms. The van der Waals surface area contributed by atoms with E-state index in [-0.39, 0.29) is 110 Å². The van der Waals surface area contributed by atoms with Gasteiger partial charge in [-0.05, 0) is 187 Å². The second-order valence-electron chi connectivity index (χ2n) is 33.1. The Morgan fingerprint density at radius 3 is 1.10 bits per heavy atom. The van der Waals surface area contributed by atoms with Crippen LogP contribution in [0, 0.1) is 40.7 Å². The quantitative estimate of drug-likeness (QED) is 0.0175. The molecule has 6 aromatic heterocycles. The van der Waals surface area contributed by atoms with Crippen LogP contribution >= 0.6 is 31.9 Å². The maximum Gasteiger partial charge on any atom is 0.311 e. The minimum absolute atomic E-state index is 0.000839. The molecule has 3 unspecified atom stereocenters. The summed E-state index contributed by atoms with van der Waals surface area (Å²) in [7, 11) is 0. The average Bonchev–Trinajstić information content (AvgIpc) is 1.53. The van der Waals surface area contributed by atoms with Crippen molar-refractivity contribution < 1.29 is 81.2 Å². The number of benzene rings is 12. The molecule has 2 N–H and O–H groups in total. The number of Topliss-reactive ketones (excluding diaryl/α,β-unsaturated/α-hetero) is 1. The van der Waals surface area contributed by atoms with Crippen LogP contribution < -0.4 is 43.0 Å². The highest BCUT2D eigenvalue weighted by Gasteiger charge is 2.43. The fourth-order valence-corrected chi connectivity index (χ4v) is 17.2. The molecule has 19 nitrogen and oxygen atoms in total. The fourth-order valence-electron chi connectivity index (χ4n) is 16.4. The Morgan fingerprint density at radius 2 is 0.694 bits per heavy atom. The van der Waals surface area contributed by atoms with E-state index in [1.807, 2.05) is 120 Å². The van der Waals surface area contributed by atoms with E-state index >= 15 is 0 Å². The summed E-state index contributed by atoms with van der Waals surface area (Å²) in [5.41, 5.74) is 9.92. The van der Waals surface area contributed by atoms with Crippen LogP contribution in [0.4, 0.5) is 30.7 Å². The monoisotopic (exact) mass is 2080 g/mol. The van der Waals surface area contributed by atoms with Gasteiger partial charge in [-0.15, -0.1) is 0 Å². The molecule has 0 fully saturated rings. The maximum atomic E-state index is 14.6. The minimum Gasteiger partial charge on any atom is -0.461 e. The Kier molecular flexibility index (Phi) is 35.9. The van der Waals surface area contributed by atoms with Gasteiger partial charge >= 0.3 is 5.97 Å². The highest BCUT2D eigenvalue weighted by Crippen LogP contribution is 2.41. The summed E-state index contributed by atoms with van der Waals surface area (Å²) >= 11 is 6.71. The third-order valence-electron chi connectivity index (χ3n) is 23.2. The van der Waals surface area contributed by atoms with E-state index < -0.39 is 81.8 Å². The number of imide groups is 1. The Morgan fingerprint density at radius 1 is 0.354 bits per heavy atom. The van der Waals surface area contributed by atoms with E-state index in [1.165, 1.54) is 91.9 Å². The smallest absolute Gasteiger partial charge is 0.311 e. The number of amides is 2. The third kappa shape index (κ3) is 23.5. The van der Waals surface area contributed by atoms with Crippen molar-refractivity contribution in [3.8, 4) is 50.3 Å². The molecule has 1 aliphatic heterocycles. The van der Waals surface area contributed by atoms with Gasteiger partial charge in [0.15, 0.2) is 11.2 Å². The van der Waals surface area contributed by atoms with Gasteiger partial charge < -0.3 is 37.0 Å². The Labute approximate surface area is 837 Å². The van der Waals surface area contributed by atoms with Crippen molar-refractivity contribution >= 4 is 121 Å². The molecule has 1 aliphatic rings. The van der Waals surface area contributed by atoms with Gasteiger partial charge in [-0.3, -0.25) is 52.8 Å². The normalized spacial score (nSPS) is 12.0. The summed E-state index contributed by atoms with van der Waals surface area (Å²) in [4.78, 5) is 125. The number of ether oxygens (including phenoxy) is 1. The Bertz CT molecular complexity index is 8000. The second-order valence-corrected chi connectivity index (χ2v) is 35.0. The first-order valence-electron chi connectivity index (χ1n) is 46.6. The number of alkyl halides is 1. The molecule has 7 heterocycles. The molecule has 0 saturated carbocycles. The van der Waals surface area contributed by atoms with Crippen LogP contribution in [-0.2, 0) is 24.1 Å². The van der Waals surface area contributed by atoms with Crippen molar-refractivity contribution in [3.05, 3.63) is 437 Å². The molecule has 0 aliphatic carbocycles. The highest BCUT2D eigenvalue weighted by molar-refractivity contribution is 9.10. The number of nitrogens with zero attached hydrogens (tertiary/aromatic N) is 1. The molecular weight excluding hydrogens is 1990 g/mol. The van der Waals surface area contributed by atoms with Crippen molar-refractivity contribution in [1.29, 1.82) is 0 Å². The van der Waals surface area contributed by atoms with E-state index in [1.54, 1.807) is 116 Å². The van der Waals surface area contributed by atoms with Crippen LogP contribution in [0.15, 0.2) is 339 Å². The van der Waals surface area contributed by atoms with E-state index in [4.69, 9.17) is 37.0 Å². The van der Waals surface area contributed by atoms with Gasteiger partial charge in [0.05, 0.1) is 55.9 Å². The first-order chi connectivity index (χ1) is 69.4. The predicted molar refractivity (Wildman–Crippen MR) is 552 cm³/mol. The minimum atomic E-state index is -0.835. The van der Waals surface area contributed by atoms with Crippen LogP contribution in [-0.4, -0.2) is 28.5 Å². The van der Waals surface area contributed by atoms with Gasteiger partial charge in [0, 0.05) is 31.7 Å². The molecule has 3 atom stereocenters. The molecule has 144 heavy (non-hydrogen) atoms. The van der Waals surface area contributed by atoms with Gasteiger partial charge in [-0.2, -0.15) is 0 Å². The number of rotatable bonds is 21. The summed E-state index contributed by atoms with van der Waals surface area (Å²) in [6.07, 6.45) is 7.17. The standard InChI is InChI=1S/C26H18FNO4.C18H14BrFO2.C18H16FNO2.C18H15FO2.C12H10BrFO2.C12H13FO3.C12H11FO2/c1-2-19(28-25(30)16-11-6-7-12-17(16)26(28)31)24-21(15-9-4-3-5-10-15)23(29)22-18(27)13-8-14-20(22)32-24;1-2-12(19)18-15(11-7-4-3-5-8-11)17(21)16-13(20)9-6-10-14(16)22-18;1-2-13(20)18-15(11-7-4-3-5-8-11)17(21)16-12(19)9-6-10-14(16)22-18;1-2-7-14-16(12-8-4-3-5-9-12)18(20)17-13(19)10-6-11-15(17)21-14;1-2-4-9-11(13)12(15)10-7(14)5-3-6-8(10)16-9;1-3-5-11(15)16-10-7-4-6-9(13)12(10)8(2)14;1-2-4-8-7-10(14)12-9(13)5-3-6-11(12)15-8/h3-14,19H,2H2,1H3;3-10,12H,2H2,1H3;3-10,13H,2,20H2,1H3;3-6,8-11H,2,7H2,1H3;3,5-6H,2,4H2,1H3;4,6-7H,3,5H2,1-2H3;3,5-7H,2,4H2,1H3. The predicted octanol–water partition coefficient (Wildman–Crippen LogP) is 28.6. The highest BCUT2D eigenvalue weighted by atomic mass is 79.9. The number of nitrogens with two attached hydrogens (primary N) is 1. The number of fused-ring (bicyclic) bond motifs is 7. The molecule has 0 radical (unpaired) electrons. The summed E-state index contributed by atoms with van der Waals surface area (Å²) in [6.45, 7) is 14.8. The fraction of sp³-hybridized carbons (Fsp3) is 0.190. The zero-order chi connectivity index (χ0) is 103. The van der Waals surface area contributed by atoms with Crippen molar-refractivity contribution in [2.45, 2.75) is 143 Å². The van der Waals surface area contributed by atoms with Crippen molar-refractivity contribution in [1.82, 2.24) is 4.90 Å². The molecule has 0 saturated heterocycles. The Balaban J connectivity index is 0.000000143. The number of hydrogen-bond acceptors (Lipinski definition) is 18. The number of carbonyl (C=O) groups is 4. The number of halogens is 9. The molecule has 0 bridgehead atoms. The summed E-state index contributed by atoms with van der Waals surface area (Å²) in [6, 6.07) is 73.3. The molecule has 12 aromatic carbocycles. The zero-order valence-electron chi connectivity index (χ0n) is 79.4. The topological polar surface area (TPSA) is 288 Å². The van der Waals surface area contributed by atoms with Gasteiger partial charge in [0.2, 0.25) is 27.1 Å². The van der Waals surface area contributed by atoms with E-state index in [9.17, 15) is 78.7 Å². The number of carbonyl (C=O) groups excluding carboxylic acids is 4. The van der Waals surface area contributed by atoms with Crippen LogP contribution in [0.5, 0.6) is 5.75 Å². The molecule has 19 rings (SSSR count). The largest absolute Gasteiger partial charge is 0.461 e. The first-order valence-corrected chi connectivity index (χ1v) is 48.3. The zero-order valence-corrected chi connectivity index (χ0v) is 82.6. The molecule has 0 spiro atoms. The summed E-state index contributed by atoms with van der Waals surface area (Å²) < 4.78 is 137. The third-order valence-corrected chi connectivity index (χ3v) is 25.1. The van der Waals surface area contributed by atoms with Crippen molar-refractivity contribution in [2.75, 3.05) is 0 Å². The summed E-state index contributed by atoms with van der Waals surface area (Å²) in [5, 5.41) is -0.121. The van der Waals surface area contributed by atoms with Crippen molar-refractivity contribution in [2.24, 2.45) is 5.73 Å². The number of ketones is 1. The SMILES string of the molecule is CCC(Br)c1oc2cccc(F)c2c(=O)c1-c1ccccc1.CCC(N)c1oc2cccc(F)c2c(=O)c1-c1ccccc1.CCC(c1oc2cccc(F)c2c(=O)c1-c1ccccc1)N1C(=O)c2ccccc2C1=O.CCCC(=O)Oc1cccc(F)c1C(C)=O.CCCc1cc(=O)c2c(F)cccc2o1.CCCc1oc2cccc(F)c2c(=O)c1-c1ccccc1.CCCc1oc2cccc(F)c2c(=O)c1Br. The van der Waals surface area contributed by atoms with Crippen LogP contribution in [0.3, 0.4) is 0 Å². The van der Waals surface area contributed by atoms with Crippen molar-refractivity contribution in [3.63, 3.8) is 0 Å².